The summed E-state index contributed by atoms with van der Waals surface area (Å²) in [4.78, 5) is 22.7. The molecule has 52 heavy (non-hydrogen) atoms. The number of nitrogens with zero attached hydrogens (tertiary/aromatic N) is 6. The normalized spacial score (nSPS) is 14.1. The van der Waals surface area contributed by atoms with Crippen molar-refractivity contribution in [2.24, 2.45) is 0 Å². The van der Waals surface area contributed by atoms with E-state index in [-0.39, 0.29) is 36.2 Å². The van der Waals surface area contributed by atoms with Gasteiger partial charge in [0.1, 0.15) is 5.15 Å². The van der Waals surface area contributed by atoms with Crippen molar-refractivity contribution in [3.05, 3.63) is 102 Å². The van der Waals surface area contributed by atoms with Gasteiger partial charge < -0.3 is 29.1 Å². The Kier molecular flexibility index (Phi) is 15.0. The van der Waals surface area contributed by atoms with Crippen LogP contribution in [-0.4, -0.2) is 85.8 Å². The average molecular weight is 729 g/mol. The van der Waals surface area contributed by atoms with Crippen LogP contribution in [0.1, 0.15) is 13.8 Å². The van der Waals surface area contributed by atoms with Crippen molar-refractivity contribution >= 4 is 44.8 Å². The molecule has 2 fully saturated rings. The Labute approximate surface area is 332 Å². The second-order valence-electron chi connectivity index (χ2n) is 11.8. The van der Waals surface area contributed by atoms with Gasteiger partial charge in [0, 0.05) is 66.5 Å². The van der Waals surface area contributed by atoms with Crippen LogP contribution in [-0.2, 0) is 9.47 Å². The van der Waals surface area contributed by atoms with Crippen LogP contribution in [0.3, 0.4) is 0 Å². The summed E-state index contributed by atoms with van der Waals surface area (Å²) in [5.41, 5.74) is 8.01. The van der Waals surface area contributed by atoms with E-state index in [0.717, 1.165) is 96.9 Å². The van der Waals surface area contributed by atoms with Crippen LogP contribution in [0.15, 0.2) is 97.3 Å². The molecule has 0 amide bonds. The molecule has 2 aliphatic rings. The smallest absolute Gasteiger partial charge is 0.855 e. The summed E-state index contributed by atoms with van der Waals surface area (Å²) >= 11 is 6.29. The first-order chi connectivity index (χ1) is 25.1. The average Bonchev–Trinajstić information content (AvgIpc) is 3.19. The van der Waals surface area contributed by atoms with Crippen LogP contribution in [0.5, 0.6) is 5.88 Å². The van der Waals surface area contributed by atoms with Crippen molar-refractivity contribution in [3.63, 3.8) is 0 Å². The van der Waals surface area contributed by atoms with E-state index in [1.807, 2.05) is 43.3 Å². The Morgan fingerprint density at radius 2 is 1.12 bits per heavy atom. The van der Waals surface area contributed by atoms with Gasteiger partial charge in [0.15, 0.2) is 0 Å². The molecule has 0 unspecified atom stereocenters. The van der Waals surface area contributed by atoms with Crippen molar-refractivity contribution in [3.8, 4) is 28.4 Å². The first-order valence-electron chi connectivity index (χ1n) is 17.3. The van der Waals surface area contributed by atoms with Gasteiger partial charge >= 0.3 is 29.6 Å². The number of pyridine rings is 4. The third-order valence-corrected chi connectivity index (χ3v) is 8.76. The van der Waals surface area contributed by atoms with E-state index in [1.165, 1.54) is 11.4 Å². The standard InChI is InChI=1S/C20H21N3O2.C18H16ClN3O.C2H5O.Na/c1-2-25-20-17-4-3-9-21-19(17)14-18(22-20)15-5-7-16(8-6-15)23-10-12-24-13-11-23;19-18-15-2-1-7-20-17(15)12-16(21-18)13-3-5-14(6-4-13)22-8-10-23-11-9-22;1-2-3;/h3-9,14H,2,10-13H2,1H3;1-7,12H,8-11H2;2H2,1H3;/q;;-1;+1. The summed E-state index contributed by atoms with van der Waals surface area (Å²) in [6.45, 7) is 11.0. The fourth-order valence-corrected chi connectivity index (χ4v) is 6.20. The molecule has 0 radical (unpaired) electrons. The molecule has 264 valence electrons. The summed E-state index contributed by atoms with van der Waals surface area (Å²) < 4.78 is 16.5. The molecule has 0 bridgehead atoms. The van der Waals surface area contributed by atoms with Crippen LogP contribution in [0.25, 0.3) is 44.3 Å². The van der Waals surface area contributed by atoms with Crippen molar-refractivity contribution in [2.75, 3.05) is 75.6 Å². The summed E-state index contributed by atoms with van der Waals surface area (Å²) in [6, 6.07) is 28.6. The van der Waals surface area contributed by atoms with E-state index in [0.29, 0.717) is 17.6 Å². The first kappa shape index (κ1) is 39.3. The Morgan fingerprint density at radius 1 is 0.673 bits per heavy atom. The van der Waals surface area contributed by atoms with Crippen LogP contribution in [0.2, 0.25) is 5.15 Å². The molecule has 2 aromatic carbocycles. The van der Waals surface area contributed by atoms with E-state index in [1.54, 1.807) is 19.3 Å². The van der Waals surface area contributed by atoms with E-state index in [9.17, 15) is 0 Å². The second-order valence-corrected chi connectivity index (χ2v) is 12.1. The fraction of sp³-hybridized carbons (Fsp3) is 0.300. The van der Waals surface area contributed by atoms with Gasteiger partial charge in [0.25, 0.3) is 0 Å². The van der Waals surface area contributed by atoms with Crippen LogP contribution in [0, 0.1) is 0 Å². The van der Waals surface area contributed by atoms with E-state index in [2.05, 4.69) is 73.3 Å². The molecule has 2 saturated heterocycles. The van der Waals surface area contributed by atoms with Gasteiger partial charge in [0.2, 0.25) is 5.88 Å². The largest absolute Gasteiger partial charge is 1.00 e. The first-order valence-corrected chi connectivity index (χ1v) is 17.7. The van der Waals surface area contributed by atoms with Crippen LogP contribution in [0.4, 0.5) is 11.4 Å². The Morgan fingerprint density at radius 3 is 1.60 bits per heavy atom. The number of anilines is 2. The molecule has 2 aliphatic heterocycles. The van der Waals surface area contributed by atoms with Crippen molar-refractivity contribution in [2.45, 2.75) is 13.8 Å². The third kappa shape index (κ3) is 9.96. The number of morpholine rings is 2. The van der Waals surface area contributed by atoms with Crippen molar-refractivity contribution in [1.82, 2.24) is 19.9 Å². The van der Waals surface area contributed by atoms with Gasteiger partial charge in [-0.15, -0.1) is 6.61 Å². The van der Waals surface area contributed by atoms with E-state index < -0.39 is 0 Å². The number of fused-ring (bicyclic) bond motifs is 2. The van der Waals surface area contributed by atoms with Gasteiger partial charge in [-0.25, -0.2) is 9.97 Å². The molecular formula is C40H42ClN6NaO4. The second kappa shape index (κ2) is 19.8. The molecule has 8 rings (SSSR count). The number of benzene rings is 2. The number of ether oxygens (including phenoxy) is 3. The molecular weight excluding hydrogens is 687 g/mol. The van der Waals surface area contributed by atoms with E-state index in [4.69, 9.17) is 35.9 Å². The molecule has 6 aromatic rings. The maximum atomic E-state index is 8.93. The van der Waals surface area contributed by atoms with Crippen molar-refractivity contribution < 1.29 is 48.9 Å². The number of aromatic nitrogens is 4. The van der Waals surface area contributed by atoms with Gasteiger partial charge in [-0.3, -0.25) is 9.97 Å². The van der Waals surface area contributed by atoms with Gasteiger partial charge in [-0.1, -0.05) is 42.8 Å². The zero-order chi connectivity index (χ0) is 35.4. The van der Waals surface area contributed by atoms with Crippen LogP contribution >= 0.6 is 11.6 Å². The third-order valence-electron chi connectivity index (χ3n) is 8.48. The maximum absolute atomic E-state index is 8.93. The predicted molar refractivity (Wildman–Crippen MR) is 203 cm³/mol. The Bertz CT molecular complexity index is 2010. The zero-order valence-electron chi connectivity index (χ0n) is 30.0. The minimum Gasteiger partial charge on any atom is -0.855 e. The fourth-order valence-electron chi connectivity index (χ4n) is 5.95. The molecule has 0 aliphatic carbocycles. The minimum absolute atomic E-state index is 0. The Hall–Kier alpha value is -3.87. The molecule has 0 spiro atoms. The monoisotopic (exact) mass is 728 g/mol. The maximum Gasteiger partial charge on any atom is 1.00 e. The molecule has 6 heterocycles. The Balaban J connectivity index is 0.000000184. The number of halogens is 1. The number of hydrogen-bond acceptors (Lipinski definition) is 10. The van der Waals surface area contributed by atoms with E-state index >= 15 is 0 Å². The summed E-state index contributed by atoms with van der Waals surface area (Å²) in [6.07, 6.45) is 3.56. The van der Waals surface area contributed by atoms with Crippen LogP contribution < -0.4 is 49.2 Å². The summed E-state index contributed by atoms with van der Waals surface area (Å²) in [5, 5.41) is 11.2. The van der Waals surface area contributed by atoms with Gasteiger partial charge in [-0.05, 0) is 67.6 Å². The molecule has 0 N–H and O–H groups in total. The zero-order valence-corrected chi connectivity index (χ0v) is 32.8. The molecule has 0 atom stereocenters. The SMILES string of the molecule is CCOc1nc(-c2ccc(N3CCOCC3)cc2)cc2ncccc12.CC[O-].Clc1nc(-c2ccc(N3CCOCC3)cc2)cc2ncccc12.[Na+]. The van der Waals surface area contributed by atoms with Crippen molar-refractivity contribution in [1.29, 1.82) is 0 Å². The van der Waals surface area contributed by atoms with Gasteiger partial charge in [-0.2, -0.15) is 0 Å². The van der Waals surface area contributed by atoms with Gasteiger partial charge in [0.05, 0.1) is 60.8 Å². The quantitative estimate of drug-likeness (QED) is 0.186. The summed E-state index contributed by atoms with van der Waals surface area (Å²) in [5.74, 6) is 0.639. The molecule has 0 saturated carbocycles. The molecule has 10 nitrogen and oxygen atoms in total. The predicted octanol–water partition coefficient (Wildman–Crippen LogP) is 3.69. The minimum atomic E-state index is 0. The topological polar surface area (TPSA) is 109 Å². The number of hydrogen-bond donors (Lipinski definition) is 0. The molecule has 4 aromatic heterocycles. The molecule has 12 heteroatoms. The summed E-state index contributed by atoms with van der Waals surface area (Å²) in [7, 11) is 0. The number of rotatable bonds is 6.